The zero-order chi connectivity index (χ0) is 16.6. The molecule has 1 aromatic heterocycles. The van der Waals surface area contributed by atoms with Crippen molar-refractivity contribution in [3.05, 3.63) is 36.3 Å². The van der Waals surface area contributed by atoms with Crippen molar-refractivity contribution in [3.8, 4) is 11.3 Å². The molecule has 0 unspecified atom stereocenters. The largest absolute Gasteiger partial charge is 0.334 e. The second kappa shape index (κ2) is 6.06. The predicted octanol–water partition coefficient (Wildman–Crippen LogP) is 3.10. The van der Waals surface area contributed by atoms with E-state index in [9.17, 15) is 4.79 Å². The van der Waals surface area contributed by atoms with Crippen molar-refractivity contribution in [2.75, 3.05) is 5.32 Å². The minimum atomic E-state index is -0.693. The first-order chi connectivity index (χ1) is 11.6. The summed E-state index contributed by atoms with van der Waals surface area (Å²) >= 11 is 0. The number of aryl methyl sites for hydroxylation is 2. The number of carbonyl (C=O) groups is 1. The lowest BCUT2D eigenvalue weighted by atomic mass is 9.98. The van der Waals surface area contributed by atoms with Gasteiger partial charge in [-0.2, -0.15) is 0 Å². The highest BCUT2D eigenvalue weighted by atomic mass is 16.2. The first-order valence-electron chi connectivity index (χ1n) is 8.91. The molecule has 1 aliphatic heterocycles. The van der Waals surface area contributed by atoms with Crippen molar-refractivity contribution in [2.24, 2.45) is 5.73 Å². The Balaban J connectivity index is 1.48. The zero-order valence-corrected chi connectivity index (χ0v) is 13.9. The van der Waals surface area contributed by atoms with E-state index < -0.39 is 5.54 Å². The number of nitrogens with one attached hydrogen (secondary N) is 1. The molecule has 3 N–H and O–H groups in total. The Labute approximate surface area is 142 Å². The first kappa shape index (κ1) is 15.4. The van der Waals surface area contributed by atoms with Crippen LogP contribution < -0.4 is 11.1 Å². The molecule has 1 aliphatic carbocycles. The lowest BCUT2D eigenvalue weighted by molar-refractivity contribution is -0.121. The van der Waals surface area contributed by atoms with Crippen LogP contribution in [0.15, 0.2) is 30.5 Å². The number of hydrogen-bond donors (Lipinski definition) is 2. The molecular weight excluding hydrogens is 300 g/mol. The second-order valence-electron chi connectivity index (χ2n) is 7.09. The van der Waals surface area contributed by atoms with Gasteiger partial charge < -0.3 is 15.6 Å². The molecule has 126 valence electrons. The van der Waals surface area contributed by atoms with Gasteiger partial charge in [-0.15, -0.1) is 0 Å². The average Bonchev–Trinajstić information content (AvgIpc) is 3.22. The van der Waals surface area contributed by atoms with Gasteiger partial charge in [0, 0.05) is 30.4 Å². The van der Waals surface area contributed by atoms with E-state index in [1.54, 1.807) is 0 Å². The molecule has 2 aliphatic rings. The fourth-order valence-electron chi connectivity index (χ4n) is 3.76. The van der Waals surface area contributed by atoms with E-state index in [1.807, 2.05) is 24.3 Å². The van der Waals surface area contributed by atoms with Gasteiger partial charge in [-0.1, -0.05) is 25.0 Å². The van der Waals surface area contributed by atoms with E-state index in [4.69, 9.17) is 10.7 Å². The number of imidazole rings is 1. The third kappa shape index (κ3) is 2.84. The van der Waals surface area contributed by atoms with E-state index >= 15 is 0 Å². The standard InChI is InChI=1S/C19H24N4O/c20-19(10-2-3-11-19)18(24)21-15-8-6-14(7-9-15)16-13-23-12-4-1-5-17(23)22-16/h6-9,13H,1-5,10-12,20H2,(H,21,24). The topological polar surface area (TPSA) is 72.9 Å². The Morgan fingerprint density at radius 2 is 1.88 bits per heavy atom. The molecule has 2 heterocycles. The number of anilines is 1. The number of fused-ring (bicyclic) bond motifs is 1. The number of hydrogen-bond acceptors (Lipinski definition) is 3. The van der Waals surface area contributed by atoms with E-state index in [2.05, 4.69) is 16.1 Å². The van der Waals surface area contributed by atoms with Crippen LogP contribution in [0.2, 0.25) is 0 Å². The van der Waals surface area contributed by atoms with Gasteiger partial charge in [0.05, 0.1) is 11.2 Å². The molecule has 0 bridgehead atoms. The van der Waals surface area contributed by atoms with Gasteiger partial charge in [-0.25, -0.2) is 4.98 Å². The molecule has 1 aromatic carbocycles. The number of nitrogens with two attached hydrogens (primary N) is 1. The quantitative estimate of drug-likeness (QED) is 0.911. The summed E-state index contributed by atoms with van der Waals surface area (Å²) in [4.78, 5) is 17.1. The Morgan fingerprint density at radius 1 is 1.12 bits per heavy atom. The molecule has 4 rings (SSSR count). The molecule has 24 heavy (non-hydrogen) atoms. The van der Waals surface area contributed by atoms with Crippen LogP contribution in [0.4, 0.5) is 5.69 Å². The van der Waals surface area contributed by atoms with E-state index in [-0.39, 0.29) is 5.91 Å². The minimum Gasteiger partial charge on any atom is -0.334 e. The van der Waals surface area contributed by atoms with Crippen LogP contribution in [0.25, 0.3) is 11.3 Å². The van der Waals surface area contributed by atoms with Gasteiger partial charge in [0.2, 0.25) is 5.91 Å². The summed E-state index contributed by atoms with van der Waals surface area (Å²) in [6, 6.07) is 7.90. The summed E-state index contributed by atoms with van der Waals surface area (Å²) in [5, 5.41) is 2.96. The third-order valence-corrected chi connectivity index (χ3v) is 5.30. The van der Waals surface area contributed by atoms with Gasteiger partial charge >= 0.3 is 0 Å². The van der Waals surface area contributed by atoms with Crippen molar-refractivity contribution in [2.45, 2.75) is 57.0 Å². The Morgan fingerprint density at radius 3 is 2.58 bits per heavy atom. The summed E-state index contributed by atoms with van der Waals surface area (Å²) in [6.45, 7) is 1.06. The van der Waals surface area contributed by atoms with Crippen LogP contribution in [-0.4, -0.2) is 21.0 Å². The van der Waals surface area contributed by atoms with Crippen molar-refractivity contribution < 1.29 is 4.79 Å². The average molecular weight is 324 g/mol. The lowest BCUT2D eigenvalue weighted by Crippen LogP contribution is -2.48. The summed E-state index contributed by atoms with van der Waals surface area (Å²) in [5.41, 5.74) is 8.40. The molecule has 1 saturated carbocycles. The summed E-state index contributed by atoms with van der Waals surface area (Å²) in [6.07, 6.45) is 9.27. The third-order valence-electron chi connectivity index (χ3n) is 5.30. The van der Waals surface area contributed by atoms with Gasteiger partial charge in [0.15, 0.2) is 0 Å². The molecule has 0 spiro atoms. The first-order valence-corrected chi connectivity index (χ1v) is 8.91. The molecule has 0 atom stereocenters. The molecular formula is C19H24N4O. The zero-order valence-electron chi connectivity index (χ0n) is 13.9. The monoisotopic (exact) mass is 324 g/mol. The van der Waals surface area contributed by atoms with Gasteiger partial charge in [-0.05, 0) is 37.8 Å². The van der Waals surface area contributed by atoms with Gasteiger partial charge in [0.25, 0.3) is 0 Å². The van der Waals surface area contributed by atoms with Crippen LogP contribution in [-0.2, 0) is 17.8 Å². The summed E-state index contributed by atoms with van der Waals surface area (Å²) < 4.78 is 2.26. The number of carbonyl (C=O) groups excluding carboxylic acids is 1. The maximum atomic E-state index is 12.4. The highest BCUT2D eigenvalue weighted by Gasteiger charge is 2.36. The number of rotatable bonds is 3. The molecule has 1 fully saturated rings. The molecule has 5 heteroatoms. The van der Waals surface area contributed by atoms with Crippen molar-refractivity contribution in [3.63, 3.8) is 0 Å². The van der Waals surface area contributed by atoms with E-state index in [0.29, 0.717) is 0 Å². The Kier molecular flexibility index (Phi) is 3.88. The highest BCUT2D eigenvalue weighted by molar-refractivity contribution is 5.98. The Bertz CT molecular complexity index is 718. The second-order valence-corrected chi connectivity index (χ2v) is 7.09. The molecule has 2 aromatic rings. The maximum Gasteiger partial charge on any atom is 0.244 e. The smallest absolute Gasteiger partial charge is 0.244 e. The minimum absolute atomic E-state index is 0.0646. The van der Waals surface area contributed by atoms with Crippen LogP contribution in [0.1, 0.15) is 44.3 Å². The number of benzene rings is 1. The van der Waals surface area contributed by atoms with Crippen molar-refractivity contribution in [1.82, 2.24) is 9.55 Å². The van der Waals surface area contributed by atoms with Gasteiger partial charge in [0.1, 0.15) is 5.82 Å². The van der Waals surface area contributed by atoms with Gasteiger partial charge in [-0.3, -0.25) is 4.79 Å². The van der Waals surface area contributed by atoms with Crippen LogP contribution in [0.5, 0.6) is 0 Å². The highest BCUT2D eigenvalue weighted by Crippen LogP contribution is 2.29. The predicted molar refractivity (Wildman–Crippen MR) is 94.6 cm³/mol. The maximum absolute atomic E-state index is 12.4. The number of nitrogens with zero attached hydrogens (tertiary/aromatic N) is 2. The Hall–Kier alpha value is -2.14. The van der Waals surface area contributed by atoms with E-state index in [0.717, 1.165) is 55.6 Å². The molecule has 0 radical (unpaired) electrons. The fourth-order valence-corrected chi connectivity index (χ4v) is 3.76. The lowest BCUT2D eigenvalue weighted by Gasteiger charge is -2.22. The molecule has 0 saturated heterocycles. The molecule has 5 nitrogen and oxygen atoms in total. The van der Waals surface area contributed by atoms with Crippen LogP contribution in [0.3, 0.4) is 0 Å². The summed E-state index contributed by atoms with van der Waals surface area (Å²) in [7, 11) is 0. The molecule has 1 amide bonds. The SMILES string of the molecule is NC1(C(=O)Nc2ccc(-c3cn4c(n3)CCCC4)cc2)CCCC1. The summed E-state index contributed by atoms with van der Waals surface area (Å²) in [5.74, 6) is 1.12. The van der Waals surface area contributed by atoms with Crippen molar-refractivity contribution in [1.29, 1.82) is 0 Å². The van der Waals surface area contributed by atoms with Crippen LogP contribution >= 0.6 is 0 Å². The van der Waals surface area contributed by atoms with Crippen LogP contribution in [0, 0.1) is 0 Å². The van der Waals surface area contributed by atoms with Crippen molar-refractivity contribution >= 4 is 11.6 Å². The number of amides is 1. The van der Waals surface area contributed by atoms with E-state index in [1.165, 1.54) is 18.7 Å². The normalized spacial score (nSPS) is 19.0. The fraction of sp³-hybridized carbons (Fsp3) is 0.474. The number of aromatic nitrogens is 2.